The van der Waals surface area contributed by atoms with Gasteiger partial charge in [0.2, 0.25) is 0 Å². The van der Waals surface area contributed by atoms with Gasteiger partial charge in [-0.15, -0.1) is 11.3 Å². The minimum atomic E-state index is -0.526. The molecule has 1 saturated heterocycles. The molecule has 5 heteroatoms. The summed E-state index contributed by atoms with van der Waals surface area (Å²) >= 11 is 1.73. The van der Waals surface area contributed by atoms with E-state index in [1.807, 2.05) is 6.92 Å². The highest BCUT2D eigenvalue weighted by atomic mass is 32.1. The van der Waals surface area contributed by atoms with Crippen LogP contribution in [0.25, 0.3) is 10.2 Å². The van der Waals surface area contributed by atoms with Crippen LogP contribution in [0.1, 0.15) is 30.2 Å². The molecule has 4 nitrogen and oxygen atoms in total. The number of nitrogens with zero attached hydrogens (tertiary/aromatic N) is 3. The summed E-state index contributed by atoms with van der Waals surface area (Å²) in [5.41, 5.74) is 0.760. The van der Waals surface area contributed by atoms with Crippen molar-refractivity contribution < 1.29 is 5.11 Å². The van der Waals surface area contributed by atoms with E-state index >= 15 is 0 Å². The Morgan fingerprint density at radius 3 is 2.63 bits per heavy atom. The maximum atomic E-state index is 10.1. The first-order chi connectivity index (χ1) is 8.98. The van der Waals surface area contributed by atoms with E-state index in [9.17, 15) is 5.11 Å². The second-order valence-electron chi connectivity index (χ2n) is 5.64. The zero-order valence-electron chi connectivity index (χ0n) is 11.6. The zero-order chi connectivity index (χ0) is 13.6. The smallest absolute Gasteiger partial charge is 0.141 e. The average molecular weight is 277 g/mol. The highest BCUT2D eigenvalue weighted by Crippen LogP contribution is 2.35. The Hall–Kier alpha value is -1.20. The van der Waals surface area contributed by atoms with Gasteiger partial charge in [-0.2, -0.15) is 0 Å². The molecule has 1 aliphatic rings. The van der Waals surface area contributed by atoms with E-state index in [2.05, 4.69) is 28.7 Å². The zero-order valence-corrected chi connectivity index (χ0v) is 12.4. The van der Waals surface area contributed by atoms with Crippen LogP contribution < -0.4 is 4.90 Å². The van der Waals surface area contributed by atoms with Gasteiger partial charge in [0.25, 0.3) is 0 Å². The van der Waals surface area contributed by atoms with Crippen molar-refractivity contribution in [3.8, 4) is 0 Å². The highest BCUT2D eigenvalue weighted by Gasteiger charge is 2.29. The van der Waals surface area contributed by atoms with E-state index in [0.29, 0.717) is 0 Å². The second kappa shape index (κ2) is 4.42. The van der Waals surface area contributed by atoms with E-state index in [1.54, 1.807) is 17.7 Å². The maximum absolute atomic E-state index is 10.1. The first-order valence-corrected chi connectivity index (χ1v) is 7.48. The topological polar surface area (TPSA) is 49.2 Å². The van der Waals surface area contributed by atoms with Gasteiger partial charge in [0.15, 0.2) is 0 Å². The summed E-state index contributed by atoms with van der Waals surface area (Å²) < 4.78 is 0. The number of aliphatic hydroxyl groups is 1. The summed E-state index contributed by atoms with van der Waals surface area (Å²) in [6, 6.07) is 0. The van der Waals surface area contributed by atoms with Gasteiger partial charge in [-0.3, -0.25) is 0 Å². The van der Waals surface area contributed by atoms with Crippen LogP contribution in [0.15, 0.2) is 6.33 Å². The lowest BCUT2D eigenvalue weighted by atomic mass is 9.94. The second-order valence-corrected chi connectivity index (χ2v) is 6.85. The van der Waals surface area contributed by atoms with Crippen molar-refractivity contribution in [2.75, 3.05) is 18.0 Å². The number of rotatable bonds is 1. The number of piperidine rings is 1. The van der Waals surface area contributed by atoms with E-state index < -0.39 is 5.60 Å². The number of anilines is 1. The molecule has 3 heterocycles. The monoisotopic (exact) mass is 277 g/mol. The molecule has 19 heavy (non-hydrogen) atoms. The van der Waals surface area contributed by atoms with Gasteiger partial charge in [0, 0.05) is 18.0 Å². The third kappa shape index (κ3) is 2.21. The number of thiophene rings is 1. The lowest BCUT2D eigenvalue weighted by Gasteiger charge is -2.36. The molecule has 0 spiro atoms. The summed E-state index contributed by atoms with van der Waals surface area (Å²) in [6.45, 7) is 7.90. The molecule has 0 aliphatic carbocycles. The summed E-state index contributed by atoms with van der Waals surface area (Å²) in [5.74, 6) is 1.03. The van der Waals surface area contributed by atoms with Gasteiger partial charge in [-0.25, -0.2) is 9.97 Å². The fourth-order valence-corrected chi connectivity index (χ4v) is 3.60. The minimum absolute atomic E-state index is 0.526. The third-order valence-corrected chi connectivity index (χ3v) is 5.20. The average Bonchev–Trinajstić information content (AvgIpc) is 2.65. The first kappa shape index (κ1) is 12.8. The van der Waals surface area contributed by atoms with E-state index in [-0.39, 0.29) is 0 Å². The van der Waals surface area contributed by atoms with Crippen LogP contribution in [0.4, 0.5) is 5.82 Å². The van der Waals surface area contributed by atoms with Gasteiger partial charge in [-0.1, -0.05) is 0 Å². The molecule has 0 amide bonds. The van der Waals surface area contributed by atoms with Crippen LogP contribution in [0.5, 0.6) is 0 Å². The Morgan fingerprint density at radius 1 is 1.26 bits per heavy atom. The van der Waals surface area contributed by atoms with Gasteiger partial charge in [-0.05, 0) is 39.2 Å². The molecular weight excluding hydrogens is 258 g/mol. The Morgan fingerprint density at radius 2 is 1.95 bits per heavy atom. The van der Waals surface area contributed by atoms with Crippen molar-refractivity contribution in [3.05, 3.63) is 16.8 Å². The lowest BCUT2D eigenvalue weighted by molar-refractivity contribution is 0.0350. The minimum Gasteiger partial charge on any atom is -0.390 e. The van der Waals surface area contributed by atoms with Crippen LogP contribution in [0, 0.1) is 13.8 Å². The number of aryl methyl sites for hydroxylation is 2. The maximum Gasteiger partial charge on any atom is 0.141 e. The largest absolute Gasteiger partial charge is 0.390 e. The van der Waals surface area contributed by atoms with Gasteiger partial charge >= 0.3 is 0 Å². The SMILES string of the molecule is Cc1sc2ncnc(N3CCC(C)(O)CC3)c2c1C. The van der Waals surface area contributed by atoms with E-state index in [1.165, 1.54) is 15.8 Å². The standard InChI is InChI=1S/C14H19N3OS/c1-9-10(2)19-13-11(9)12(15-8-16-13)17-6-4-14(3,18)5-7-17/h8,18H,4-7H2,1-3H3. The summed E-state index contributed by atoms with van der Waals surface area (Å²) in [7, 11) is 0. The predicted octanol–water partition coefficient (Wildman–Crippen LogP) is 2.66. The van der Waals surface area contributed by atoms with Gasteiger partial charge in [0.05, 0.1) is 11.0 Å². The predicted molar refractivity (Wildman–Crippen MR) is 79.0 cm³/mol. The molecule has 3 rings (SSSR count). The first-order valence-electron chi connectivity index (χ1n) is 6.66. The Bertz CT molecular complexity index is 610. The molecule has 0 bridgehead atoms. The number of hydrogen-bond acceptors (Lipinski definition) is 5. The molecule has 0 radical (unpaired) electrons. The number of aromatic nitrogens is 2. The van der Waals surface area contributed by atoms with Gasteiger partial charge < -0.3 is 10.0 Å². The van der Waals surface area contributed by atoms with Crippen LogP contribution >= 0.6 is 11.3 Å². The normalized spacial score (nSPS) is 19.1. The molecule has 1 aliphatic heterocycles. The molecule has 102 valence electrons. The molecule has 0 atom stereocenters. The van der Waals surface area contributed by atoms with Crippen molar-refractivity contribution in [1.29, 1.82) is 0 Å². The molecule has 0 aromatic carbocycles. The molecule has 2 aromatic heterocycles. The van der Waals surface area contributed by atoms with E-state index in [0.717, 1.165) is 36.6 Å². The molecule has 0 unspecified atom stereocenters. The van der Waals surface area contributed by atoms with Crippen LogP contribution in [-0.4, -0.2) is 33.8 Å². The third-order valence-electron chi connectivity index (χ3n) is 4.09. The van der Waals surface area contributed by atoms with Gasteiger partial charge in [0.1, 0.15) is 17.0 Å². The van der Waals surface area contributed by atoms with Crippen molar-refractivity contribution >= 4 is 27.4 Å². The summed E-state index contributed by atoms with van der Waals surface area (Å²) in [5, 5.41) is 11.2. The van der Waals surface area contributed by atoms with Crippen molar-refractivity contribution in [3.63, 3.8) is 0 Å². The highest BCUT2D eigenvalue weighted by molar-refractivity contribution is 7.18. The lowest BCUT2D eigenvalue weighted by Crippen LogP contribution is -2.42. The molecule has 1 N–H and O–H groups in total. The number of hydrogen-bond donors (Lipinski definition) is 1. The van der Waals surface area contributed by atoms with Crippen molar-refractivity contribution in [2.24, 2.45) is 0 Å². The number of fused-ring (bicyclic) bond motifs is 1. The summed E-state index contributed by atoms with van der Waals surface area (Å²) in [6.07, 6.45) is 3.24. The van der Waals surface area contributed by atoms with Crippen LogP contribution in [0.3, 0.4) is 0 Å². The quantitative estimate of drug-likeness (QED) is 0.870. The molecule has 1 fully saturated rings. The van der Waals surface area contributed by atoms with Crippen LogP contribution in [-0.2, 0) is 0 Å². The Labute approximate surface area is 117 Å². The van der Waals surface area contributed by atoms with Crippen LogP contribution in [0.2, 0.25) is 0 Å². The van der Waals surface area contributed by atoms with Crippen molar-refractivity contribution in [1.82, 2.24) is 9.97 Å². The summed E-state index contributed by atoms with van der Waals surface area (Å²) in [4.78, 5) is 13.5. The molecule has 2 aromatic rings. The molecular formula is C14H19N3OS. The van der Waals surface area contributed by atoms with E-state index in [4.69, 9.17) is 0 Å². The Balaban J connectivity index is 2.02. The Kier molecular flexibility index (Phi) is 2.98. The fourth-order valence-electron chi connectivity index (χ4n) is 2.60. The van der Waals surface area contributed by atoms with Crippen molar-refractivity contribution in [2.45, 2.75) is 39.2 Å². The fraction of sp³-hybridized carbons (Fsp3) is 0.571. The molecule has 0 saturated carbocycles.